The van der Waals surface area contributed by atoms with Crippen LogP contribution in [-0.4, -0.2) is 55.9 Å². The van der Waals surface area contributed by atoms with E-state index in [9.17, 15) is 22.4 Å². The summed E-state index contributed by atoms with van der Waals surface area (Å²) in [5.74, 6) is -2.48. The lowest BCUT2D eigenvalue weighted by Gasteiger charge is -2.26. The van der Waals surface area contributed by atoms with Gasteiger partial charge in [0.15, 0.2) is 15.9 Å². The van der Waals surface area contributed by atoms with Crippen molar-refractivity contribution >= 4 is 44.9 Å². The van der Waals surface area contributed by atoms with Crippen molar-refractivity contribution in [3.8, 4) is 0 Å². The fourth-order valence-corrected chi connectivity index (χ4v) is 4.74. The molecule has 1 aromatic carbocycles. The highest BCUT2D eigenvalue weighted by molar-refractivity contribution is 7.91. The van der Waals surface area contributed by atoms with Gasteiger partial charge in [-0.3, -0.25) is 4.79 Å². The number of rotatable bonds is 4. The van der Waals surface area contributed by atoms with Crippen LogP contribution in [-0.2, 0) is 19.4 Å². The van der Waals surface area contributed by atoms with E-state index in [1.165, 1.54) is 18.9 Å². The van der Waals surface area contributed by atoms with Gasteiger partial charge >= 0.3 is 5.97 Å². The van der Waals surface area contributed by atoms with Crippen molar-refractivity contribution in [2.24, 2.45) is 0 Å². The van der Waals surface area contributed by atoms with Crippen LogP contribution in [0.3, 0.4) is 0 Å². The van der Waals surface area contributed by atoms with Gasteiger partial charge in [0.25, 0.3) is 5.91 Å². The first kappa shape index (κ1) is 19.9. The van der Waals surface area contributed by atoms with Crippen molar-refractivity contribution < 1.29 is 27.1 Å². The molecule has 0 bridgehead atoms. The number of likely N-dealkylation sites (N-methyl/N-ethyl adjacent to an activating group) is 1. The minimum absolute atomic E-state index is 0.0170. The number of ether oxygens (including phenoxy) is 1. The highest BCUT2D eigenvalue weighted by atomic mass is 35.5. The Bertz CT molecular complexity index is 814. The molecule has 1 aliphatic heterocycles. The number of nitrogens with zero attached hydrogens (tertiary/aromatic N) is 1. The van der Waals surface area contributed by atoms with Gasteiger partial charge < -0.3 is 9.64 Å². The maximum atomic E-state index is 13.5. The Morgan fingerprint density at radius 3 is 2.52 bits per heavy atom. The summed E-state index contributed by atoms with van der Waals surface area (Å²) in [5.41, 5.74) is -0.255. The SMILES string of the molecule is C[C@H](OC(=O)c1cc(F)c(Cl)cc1Cl)C(=O)N(C)[C@H]1CCS(=O)(=O)C1. The van der Waals surface area contributed by atoms with Crippen molar-refractivity contribution in [2.45, 2.75) is 25.5 Å². The number of hydrogen-bond acceptors (Lipinski definition) is 5. The zero-order valence-corrected chi connectivity index (χ0v) is 15.8. The third-order valence-corrected chi connectivity index (χ3v) is 6.32. The summed E-state index contributed by atoms with van der Waals surface area (Å²) < 4.78 is 41.5. The van der Waals surface area contributed by atoms with Gasteiger partial charge in [0.05, 0.1) is 27.1 Å². The second kappa shape index (κ2) is 7.47. The first-order valence-corrected chi connectivity index (χ1v) is 9.92. The Kier molecular flexibility index (Phi) is 5.96. The molecule has 10 heteroatoms. The van der Waals surface area contributed by atoms with Crippen LogP contribution in [0.2, 0.25) is 10.0 Å². The summed E-state index contributed by atoms with van der Waals surface area (Å²) in [5, 5.41) is -0.348. The smallest absolute Gasteiger partial charge is 0.340 e. The first-order valence-electron chi connectivity index (χ1n) is 7.34. The number of halogens is 3. The highest BCUT2D eigenvalue weighted by Gasteiger charge is 2.35. The van der Waals surface area contributed by atoms with E-state index in [0.717, 1.165) is 12.1 Å². The molecule has 1 amide bonds. The molecular formula is C15H16Cl2FNO5S. The van der Waals surface area contributed by atoms with Gasteiger partial charge in [-0.15, -0.1) is 0 Å². The maximum Gasteiger partial charge on any atom is 0.340 e. The van der Waals surface area contributed by atoms with Gasteiger partial charge in [0.2, 0.25) is 0 Å². The molecule has 1 fully saturated rings. The molecular weight excluding hydrogens is 396 g/mol. The molecule has 138 valence electrons. The van der Waals surface area contributed by atoms with E-state index in [2.05, 4.69) is 0 Å². The number of carbonyl (C=O) groups excluding carboxylic acids is 2. The van der Waals surface area contributed by atoms with Crippen LogP contribution >= 0.6 is 23.2 Å². The number of hydrogen-bond donors (Lipinski definition) is 0. The molecule has 0 spiro atoms. The average Bonchev–Trinajstić information content (AvgIpc) is 2.89. The Labute approximate surface area is 154 Å². The van der Waals surface area contributed by atoms with Gasteiger partial charge in [0, 0.05) is 13.1 Å². The van der Waals surface area contributed by atoms with Crippen molar-refractivity contribution in [3.05, 3.63) is 33.6 Å². The normalized spacial score (nSPS) is 20.1. The predicted octanol–water partition coefficient (Wildman–Crippen LogP) is 2.32. The Morgan fingerprint density at radius 1 is 1.32 bits per heavy atom. The highest BCUT2D eigenvalue weighted by Crippen LogP contribution is 2.25. The molecule has 1 heterocycles. The summed E-state index contributed by atoms with van der Waals surface area (Å²) in [6.45, 7) is 1.35. The monoisotopic (exact) mass is 411 g/mol. The lowest BCUT2D eigenvalue weighted by Crippen LogP contribution is -2.44. The average molecular weight is 412 g/mol. The van der Waals surface area contributed by atoms with Gasteiger partial charge in [0.1, 0.15) is 5.82 Å². The van der Waals surface area contributed by atoms with Gasteiger partial charge in [-0.2, -0.15) is 0 Å². The second-order valence-electron chi connectivity index (χ2n) is 5.80. The molecule has 6 nitrogen and oxygen atoms in total. The molecule has 1 saturated heterocycles. The van der Waals surface area contributed by atoms with Crippen molar-refractivity contribution in [2.75, 3.05) is 18.6 Å². The summed E-state index contributed by atoms with van der Waals surface area (Å²) in [6.07, 6.45) is -0.852. The molecule has 0 saturated carbocycles. The fourth-order valence-electron chi connectivity index (χ4n) is 2.50. The van der Waals surface area contributed by atoms with Crippen LogP contribution in [0.1, 0.15) is 23.7 Å². The molecule has 2 rings (SSSR count). The van der Waals surface area contributed by atoms with Gasteiger partial charge in [-0.1, -0.05) is 23.2 Å². The van der Waals surface area contributed by atoms with Crippen LogP contribution < -0.4 is 0 Å². The number of carbonyl (C=O) groups is 2. The molecule has 2 atom stereocenters. The maximum absolute atomic E-state index is 13.5. The topological polar surface area (TPSA) is 80.8 Å². The summed E-state index contributed by atoms with van der Waals surface area (Å²) in [4.78, 5) is 25.7. The molecule has 0 aromatic heterocycles. The minimum Gasteiger partial charge on any atom is -0.449 e. The molecule has 0 aliphatic carbocycles. The van der Waals surface area contributed by atoms with E-state index in [1.807, 2.05) is 0 Å². The molecule has 25 heavy (non-hydrogen) atoms. The Balaban J connectivity index is 2.06. The number of amides is 1. The van der Waals surface area contributed by atoms with E-state index in [4.69, 9.17) is 27.9 Å². The molecule has 1 aromatic rings. The van der Waals surface area contributed by atoms with Crippen molar-refractivity contribution in [3.63, 3.8) is 0 Å². The first-order chi connectivity index (χ1) is 11.5. The van der Waals surface area contributed by atoms with E-state index in [-0.39, 0.29) is 27.1 Å². The van der Waals surface area contributed by atoms with Gasteiger partial charge in [-0.05, 0) is 25.5 Å². The number of benzene rings is 1. The van der Waals surface area contributed by atoms with Crippen molar-refractivity contribution in [1.29, 1.82) is 0 Å². The lowest BCUT2D eigenvalue weighted by atomic mass is 10.2. The standard InChI is InChI=1S/C15H16Cl2FNO5S/c1-8(14(20)19(2)9-3-4-25(22,23)7-9)24-15(21)10-5-13(18)12(17)6-11(10)16/h5-6,8-9H,3-4,7H2,1-2H3/t8-,9-/m0/s1. The van der Waals surface area contributed by atoms with E-state index in [0.29, 0.717) is 6.42 Å². The fraction of sp³-hybridized carbons (Fsp3) is 0.467. The molecule has 1 aliphatic rings. The Hall–Kier alpha value is -1.38. The molecule has 0 radical (unpaired) electrons. The Morgan fingerprint density at radius 2 is 1.96 bits per heavy atom. The van der Waals surface area contributed by atoms with Crippen LogP contribution in [0.25, 0.3) is 0 Å². The van der Waals surface area contributed by atoms with Crippen LogP contribution in [0, 0.1) is 5.82 Å². The largest absolute Gasteiger partial charge is 0.449 e. The molecule has 0 unspecified atom stereocenters. The summed E-state index contributed by atoms with van der Waals surface area (Å²) >= 11 is 11.4. The van der Waals surface area contributed by atoms with E-state index in [1.54, 1.807) is 0 Å². The third-order valence-electron chi connectivity index (χ3n) is 3.97. The second-order valence-corrected chi connectivity index (χ2v) is 8.84. The summed E-state index contributed by atoms with van der Waals surface area (Å²) in [7, 11) is -1.70. The zero-order chi connectivity index (χ0) is 18.9. The van der Waals surface area contributed by atoms with Crippen LogP contribution in [0.4, 0.5) is 4.39 Å². The van der Waals surface area contributed by atoms with Crippen LogP contribution in [0.5, 0.6) is 0 Å². The zero-order valence-electron chi connectivity index (χ0n) is 13.5. The number of sulfone groups is 1. The van der Waals surface area contributed by atoms with Crippen LogP contribution in [0.15, 0.2) is 12.1 Å². The minimum atomic E-state index is -3.15. The summed E-state index contributed by atoms with van der Waals surface area (Å²) in [6, 6.07) is 1.43. The van der Waals surface area contributed by atoms with Gasteiger partial charge in [-0.25, -0.2) is 17.6 Å². The van der Waals surface area contributed by atoms with E-state index < -0.39 is 39.7 Å². The van der Waals surface area contributed by atoms with E-state index >= 15 is 0 Å². The predicted molar refractivity (Wildman–Crippen MR) is 91.1 cm³/mol. The third kappa shape index (κ3) is 4.62. The lowest BCUT2D eigenvalue weighted by molar-refractivity contribution is -0.140. The van der Waals surface area contributed by atoms with Crippen molar-refractivity contribution in [1.82, 2.24) is 4.90 Å². The quantitative estimate of drug-likeness (QED) is 0.560. The number of esters is 1. The molecule has 0 N–H and O–H groups in total.